The second kappa shape index (κ2) is 7.74. The molecule has 134 valence electrons. The smallest absolute Gasteiger partial charge is 0.414 e. The van der Waals surface area contributed by atoms with Gasteiger partial charge in [0.1, 0.15) is 11.3 Å². The van der Waals surface area contributed by atoms with E-state index in [-0.39, 0.29) is 6.61 Å². The van der Waals surface area contributed by atoms with Crippen LogP contribution in [0.2, 0.25) is 0 Å². The van der Waals surface area contributed by atoms with E-state index in [1.54, 1.807) is 12.1 Å². The number of aryl methyl sites for hydroxylation is 1. The molecule has 0 bridgehead atoms. The summed E-state index contributed by atoms with van der Waals surface area (Å²) in [5.41, 5.74) is 3.16. The number of hydrogen-bond acceptors (Lipinski definition) is 5. The van der Waals surface area contributed by atoms with Gasteiger partial charge in [0.2, 0.25) is 5.89 Å². The number of hydrogen-bond donors (Lipinski definition) is 0. The van der Waals surface area contributed by atoms with E-state index >= 15 is 0 Å². The first-order valence-corrected chi connectivity index (χ1v) is 8.16. The van der Waals surface area contributed by atoms with Gasteiger partial charge in [-0.15, -0.1) is 6.58 Å². The van der Waals surface area contributed by atoms with Gasteiger partial charge in [-0.1, -0.05) is 18.2 Å². The van der Waals surface area contributed by atoms with Crippen molar-refractivity contribution in [2.24, 2.45) is 0 Å². The molecule has 0 N–H and O–H groups in total. The van der Waals surface area contributed by atoms with Gasteiger partial charge in [0.15, 0.2) is 12.2 Å². The molecule has 0 spiro atoms. The van der Waals surface area contributed by atoms with Crippen LogP contribution < -0.4 is 9.64 Å². The molecule has 6 nitrogen and oxygen atoms in total. The van der Waals surface area contributed by atoms with Gasteiger partial charge in [-0.05, 0) is 42.8 Å². The van der Waals surface area contributed by atoms with Crippen LogP contribution in [0.1, 0.15) is 11.5 Å². The monoisotopic (exact) mass is 352 g/mol. The number of aromatic nitrogens is 1. The van der Waals surface area contributed by atoms with Crippen molar-refractivity contribution in [1.29, 1.82) is 0 Å². The van der Waals surface area contributed by atoms with Gasteiger partial charge in [-0.25, -0.2) is 9.78 Å². The minimum atomic E-state index is -0.437. The molecule has 0 fully saturated rings. The van der Waals surface area contributed by atoms with Gasteiger partial charge in [-0.2, -0.15) is 0 Å². The van der Waals surface area contributed by atoms with Crippen LogP contribution in [0.15, 0.2) is 59.5 Å². The lowest BCUT2D eigenvalue weighted by molar-refractivity contribution is 0.179. The summed E-state index contributed by atoms with van der Waals surface area (Å²) < 4.78 is 16.2. The fourth-order valence-corrected chi connectivity index (χ4v) is 2.66. The zero-order valence-electron chi connectivity index (χ0n) is 14.8. The molecule has 0 aliphatic carbocycles. The molecule has 3 aromatic rings. The van der Waals surface area contributed by atoms with Crippen LogP contribution in [0, 0.1) is 6.92 Å². The van der Waals surface area contributed by atoms with Gasteiger partial charge < -0.3 is 13.9 Å². The van der Waals surface area contributed by atoms with Crippen LogP contribution in [0.5, 0.6) is 5.75 Å². The van der Waals surface area contributed by atoms with E-state index < -0.39 is 6.09 Å². The molecular weight excluding hydrogens is 332 g/mol. The Kier molecular flexibility index (Phi) is 5.22. The normalized spacial score (nSPS) is 10.5. The van der Waals surface area contributed by atoms with E-state index in [0.717, 1.165) is 22.4 Å². The van der Waals surface area contributed by atoms with Crippen LogP contribution in [0.25, 0.3) is 11.1 Å². The van der Waals surface area contributed by atoms with Crippen molar-refractivity contribution < 1.29 is 18.7 Å². The fourth-order valence-electron chi connectivity index (χ4n) is 2.66. The van der Waals surface area contributed by atoms with Crippen molar-refractivity contribution >= 4 is 22.9 Å². The Labute approximate surface area is 151 Å². The highest BCUT2D eigenvalue weighted by atomic mass is 16.5. The number of fused-ring (bicyclic) bond motifs is 1. The molecule has 0 radical (unpaired) electrons. The third-order valence-corrected chi connectivity index (χ3v) is 3.87. The summed E-state index contributed by atoms with van der Waals surface area (Å²) in [7, 11) is 1.35. The van der Waals surface area contributed by atoms with Gasteiger partial charge in [0, 0.05) is 6.54 Å². The van der Waals surface area contributed by atoms with E-state index in [0.29, 0.717) is 18.2 Å². The van der Waals surface area contributed by atoms with Crippen LogP contribution in [0.3, 0.4) is 0 Å². The first kappa shape index (κ1) is 17.5. The Balaban J connectivity index is 1.74. The molecule has 26 heavy (non-hydrogen) atoms. The molecular formula is C20H20N2O4. The number of anilines is 1. The van der Waals surface area contributed by atoms with Crippen molar-refractivity contribution in [2.75, 3.05) is 18.6 Å². The van der Waals surface area contributed by atoms with Crippen molar-refractivity contribution in [3.8, 4) is 5.75 Å². The van der Waals surface area contributed by atoms with E-state index in [2.05, 4.69) is 11.6 Å². The highest BCUT2D eigenvalue weighted by Crippen LogP contribution is 2.26. The Morgan fingerprint density at radius 1 is 1.31 bits per heavy atom. The molecule has 1 aromatic heterocycles. The Hall–Kier alpha value is -3.28. The second-order valence-electron chi connectivity index (χ2n) is 5.68. The average molecular weight is 352 g/mol. The number of benzene rings is 2. The van der Waals surface area contributed by atoms with Crippen molar-refractivity contribution in [1.82, 2.24) is 4.98 Å². The van der Waals surface area contributed by atoms with Gasteiger partial charge in [-0.3, -0.25) is 4.90 Å². The number of amides is 1. The number of rotatable bonds is 6. The number of oxazole rings is 1. The third kappa shape index (κ3) is 3.69. The van der Waals surface area contributed by atoms with Crippen molar-refractivity contribution in [3.05, 3.63) is 66.6 Å². The molecule has 3 rings (SSSR count). The number of nitrogens with zero attached hydrogens (tertiary/aromatic N) is 2. The standard InChI is InChI=1S/C20H20N2O4/c1-4-11-22(20(23)24-3)17-10-9-15(12-14(17)2)25-13-19-21-16-7-5-6-8-18(16)26-19/h4-10,12H,1,11,13H2,2-3H3. The Morgan fingerprint density at radius 2 is 2.12 bits per heavy atom. The molecule has 0 unspecified atom stereocenters. The number of carbonyl (C=O) groups is 1. The molecule has 0 saturated carbocycles. The first-order chi connectivity index (χ1) is 12.6. The van der Waals surface area contributed by atoms with E-state index in [1.165, 1.54) is 12.0 Å². The predicted octanol–water partition coefficient (Wildman–Crippen LogP) is 4.47. The Bertz CT molecular complexity index is 899. The minimum absolute atomic E-state index is 0.223. The molecule has 0 atom stereocenters. The maximum Gasteiger partial charge on any atom is 0.414 e. The Morgan fingerprint density at radius 3 is 2.81 bits per heavy atom. The number of ether oxygens (including phenoxy) is 2. The molecule has 0 aliphatic rings. The maximum absolute atomic E-state index is 11.9. The topological polar surface area (TPSA) is 64.8 Å². The fraction of sp³-hybridized carbons (Fsp3) is 0.200. The van der Waals surface area contributed by atoms with Crippen LogP contribution in [-0.4, -0.2) is 24.7 Å². The van der Waals surface area contributed by atoms with Crippen molar-refractivity contribution in [3.63, 3.8) is 0 Å². The summed E-state index contributed by atoms with van der Waals surface area (Å²) in [5, 5.41) is 0. The summed E-state index contributed by atoms with van der Waals surface area (Å²) in [6.45, 7) is 6.16. The van der Waals surface area contributed by atoms with Crippen LogP contribution in [-0.2, 0) is 11.3 Å². The van der Waals surface area contributed by atoms with Crippen LogP contribution >= 0.6 is 0 Å². The molecule has 6 heteroatoms. The maximum atomic E-state index is 11.9. The summed E-state index contributed by atoms with van der Waals surface area (Å²) in [6.07, 6.45) is 1.21. The summed E-state index contributed by atoms with van der Waals surface area (Å²) >= 11 is 0. The summed E-state index contributed by atoms with van der Waals surface area (Å²) in [4.78, 5) is 17.8. The largest absolute Gasteiger partial charge is 0.484 e. The molecule has 1 heterocycles. The second-order valence-corrected chi connectivity index (χ2v) is 5.68. The molecule has 2 aromatic carbocycles. The van der Waals surface area contributed by atoms with Gasteiger partial charge in [0.25, 0.3) is 0 Å². The predicted molar refractivity (Wildman–Crippen MR) is 99.5 cm³/mol. The van der Waals surface area contributed by atoms with Crippen molar-refractivity contribution in [2.45, 2.75) is 13.5 Å². The lowest BCUT2D eigenvalue weighted by Crippen LogP contribution is -2.31. The van der Waals surface area contributed by atoms with Gasteiger partial charge >= 0.3 is 6.09 Å². The van der Waals surface area contributed by atoms with Gasteiger partial charge in [0.05, 0.1) is 12.8 Å². The number of carbonyl (C=O) groups excluding carboxylic acids is 1. The highest BCUT2D eigenvalue weighted by Gasteiger charge is 2.17. The lowest BCUT2D eigenvalue weighted by Gasteiger charge is -2.22. The summed E-state index contributed by atoms with van der Waals surface area (Å²) in [5.74, 6) is 1.17. The average Bonchev–Trinajstić information content (AvgIpc) is 3.07. The number of methoxy groups -OCH3 is 1. The SMILES string of the molecule is C=CCN(C(=O)OC)c1ccc(OCc2nc3ccccc3o2)cc1C. The van der Waals surface area contributed by atoms with E-state index in [9.17, 15) is 4.79 Å². The van der Waals surface area contributed by atoms with Crippen LogP contribution in [0.4, 0.5) is 10.5 Å². The molecule has 0 aliphatic heterocycles. The lowest BCUT2D eigenvalue weighted by atomic mass is 10.1. The third-order valence-electron chi connectivity index (χ3n) is 3.87. The first-order valence-electron chi connectivity index (χ1n) is 8.16. The zero-order valence-corrected chi connectivity index (χ0v) is 14.8. The number of para-hydroxylation sites is 2. The highest BCUT2D eigenvalue weighted by molar-refractivity contribution is 5.89. The molecule has 1 amide bonds. The van der Waals surface area contributed by atoms with E-state index in [1.807, 2.05) is 43.3 Å². The van der Waals surface area contributed by atoms with E-state index in [4.69, 9.17) is 13.9 Å². The molecule has 0 saturated heterocycles. The quantitative estimate of drug-likeness (QED) is 0.612. The zero-order chi connectivity index (χ0) is 18.5. The minimum Gasteiger partial charge on any atom is -0.484 e. The summed E-state index contributed by atoms with van der Waals surface area (Å²) in [6, 6.07) is 13.0.